The van der Waals surface area contributed by atoms with Crippen molar-refractivity contribution in [3.05, 3.63) is 38.5 Å². The second-order valence-corrected chi connectivity index (χ2v) is 6.05. The summed E-state index contributed by atoms with van der Waals surface area (Å²) in [4.78, 5) is 26.5. The van der Waals surface area contributed by atoms with Gasteiger partial charge in [0.15, 0.2) is 5.69 Å². The molecular weight excluding hydrogens is 310 g/mol. The van der Waals surface area contributed by atoms with E-state index in [4.69, 9.17) is 5.11 Å². The molecule has 1 atom stereocenters. The highest BCUT2D eigenvalue weighted by Gasteiger charge is 2.15. The predicted octanol–water partition coefficient (Wildman–Crippen LogP) is 2.51. The Bertz CT molecular complexity index is 610. The highest BCUT2D eigenvalue weighted by atomic mass is 32.1. The first-order chi connectivity index (χ1) is 10.1. The zero-order valence-corrected chi connectivity index (χ0v) is 13.0. The van der Waals surface area contributed by atoms with Gasteiger partial charge in [-0.05, 0) is 35.7 Å². The number of carboxylic acids is 1. The van der Waals surface area contributed by atoms with Crippen molar-refractivity contribution in [2.75, 3.05) is 6.54 Å². The SMILES string of the molecule is CC(NC(=O)NCCc1ccsc1)c1nc(C(=O)O)cs1. The minimum Gasteiger partial charge on any atom is -0.476 e. The highest BCUT2D eigenvalue weighted by molar-refractivity contribution is 7.10. The molecule has 0 aliphatic rings. The summed E-state index contributed by atoms with van der Waals surface area (Å²) in [5, 5.41) is 20.4. The third-order valence-electron chi connectivity index (χ3n) is 2.74. The van der Waals surface area contributed by atoms with Crippen LogP contribution in [0.25, 0.3) is 0 Å². The van der Waals surface area contributed by atoms with Crippen molar-refractivity contribution in [3.63, 3.8) is 0 Å². The molecule has 0 saturated heterocycles. The summed E-state index contributed by atoms with van der Waals surface area (Å²) in [6, 6.07) is 1.41. The minimum absolute atomic E-state index is 0.00140. The summed E-state index contributed by atoms with van der Waals surface area (Å²) < 4.78 is 0. The molecule has 2 heterocycles. The molecule has 6 nitrogen and oxygen atoms in total. The van der Waals surface area contributed by atoms with Crippen LogP contribution in [0.1, 0.15) is 34.0 Å². The molecule has 2 amide bonds. The van der Waals surface area contributed by atoms with Crippen LogP contribution >= 0.6 is 22.7 Å². The summed E-state index contributed by atoms with van der Waals surface area (Å²) in [5.41, 5.74) is 1.20. The Hall–Kier alpha value is -1.93. The average molecular weight is 325 g/mol. The van der Waals surface area contributed by atoms with Crippen LogP contribution in [0.4, 0.5) is 4.79 Å². The van der Waals surface area contributed by atoms with Crippen molar-refractivity contribution in [1.82, 2.24) is 15.6 Å². The van der Waals surface area contributed by atoms with Crippen molar-refractivity contribution >= 4 is 34.7 Å². The number of aromatic carboxylic acids is 1. The Labute approximate surface area is 129 Å². The van der Waals surface area contributed by atoms with Crippen molar-refractivity contribution in [3.8, 4) is 0 Å². The van der Waals surface area contributed by atoms with Gasteiger partial charge in [0.25, 0.3) is 0 Å². The number of carbonyl (C=O) groups excluding carboxylic acids is 1. The molecule has 0 fully saturated rings. The van der Waals surface area contributed by atoms with Gasteiger partial charge < -0.3 is 15.7 Å². The smallest absolute Gasteiger partial charge is 0.355 e. The van der Waals surface area contributed by atoms with Gasteiger partial charge in [-0.1, -0.05) is 0 Å². The predicted molar refractivity (Wildman–Crippen MR) is 82.0 cm³/mol. The fraction of sp³-hybridized carbons (Fsp3) is 0.308. The number of amides is 2. The van der Waals surface area contributed by atoms with Crippen molar-refractivity contribution in [1.29, 1.82) is 0 Å². The van der Waals surface area contributed by atoms with E-state index in [1.54, 1.807) is 18.3 Å². The summed E-state index contributed by atoms with van der Waals surface area (Å²) in [6.45, 7) is 2.32. The molecule has 2 aromatic heterocycles. The molecule has 0 aliphatic heterocycles. The molecule has 0 aromatic carbocycles. The first kappa shape index (κ1) is 15.5. The Balaban J connectivity index is 1.77. The summed E-state index contributed by atoms with van der Waals surface area (Å²) in [6.07, 6.45) is 0.783. The van der Waals surface area contributed by atoms with Crippen LogP contribution in [-0.2, 0) is 6.42 Å². The topological polar surface area (TPSA) is 91.3 Å². The molecule has 0 aliphatic carbocycles. The molecule has 0 radical (unpaired) electrons. The zero-order valence-electron chi connectivity index (χ0n) is 11.3. The Morgan fingerprint density at radius 2 is 2.24 bits per heavy atom. The fourth-order valence-corrected chi connectivity index (χ4v) is 3.15. The lowest BCUT2D eigenvalue weighted by Gasteiger charge is -2.12. The number of nitrogens with zero attached hydrogens (tertiary/aromatic N) is 1. The van der Waals surface area contributed by atoms with Gasteiger partial charge in [0.2, 0.25) is 0 Å². The Morgan fingerprint density at radius 3 is 2.86 bits per heavy atom. The van der Waals surface area contributed by atoms with E-state index in [0.29, 0.717) is 11.6 Å². The van der Waals surface area contributed by atoms with Gasteiger partial charge in [-0.25, -0.2) is 14.6 Å². The third kappa shape index (κ3) is 4.54. The second-order valence-electron chi connectivity index (χ2n) is 4.38. The van der Waals surface area contributed by atoms with Crippen LogP contribution in [-0.4, -0.2) is 28.6 Å². The van der Waals surface area contributed by atoms with Gasteiger partial charge in [0, 0.05) is 11.9 Å². The fourth-order valence-electron chi connectivity index (χ4n) is 1.65. The molecular formula is C13H15N3O3S2. The van der Waals surface area contributed by atoms with Crippen LogP contribution in [0.15, 0.2) is 22.2 Å². The quantitative estimate of drug-likeness (QED) is 0.761. The molecule has 1 unspecified atom stereocenters. The van der Waals surface area contributed by atoms with E-state index in [9.17, 15) is 9.59 Å². The molecule has 3 N–H and O–H groups in total. The maximum Gasteiger partial charge on any atom is 0.355 e. The maximum absolute atomic E-state index is 11.7. The van der Waals surface area contributed by atoms with Crippen molar-refractivity contribution < 1.29 is 14.7 Å². The molecule has 0 saturated carbocycles. The summed E-state index contributed by atoms with van der Waals surface area (Å²) in [5.74, 6) is -1.06. The number of urea groups is 1. The lowest BCUT2D eigenvalue weighted by molar-refractivity contribution is 0.0691. The van der Waals surface area contributed by atoms with Crippen LogP contribution in [0, 0.1) is 0 Å². The van der Waals surface area contributed by atoms with E-state index in [0.717, 1.165) is 6.42 Å². The van der Waals surface area contributed by atoms with Gasteiger partial charge in [-0.2, -0.15) is 11.3 Å². The van der Waals surface area contributed by atoms with E-state index in [1.165, 1.54) is 22.3 Å². The van der Waals surface area contributed by atoms with Crippen LogP contribution in [0.3, 0.4) is 0 Å². The number of thiophene rings is 1. The number of aromatic nitrogens is 1. The number of carboxylic acid groups (broad SMARTS) is 1. The normalized spacial score (nSPS) is 11.9. The van der Waals surface area contributed by atoms with Gasteiger partial charge in [-0.3, -0.25) is 0 Å². The molecule has 2 rings (SSSR count). The molecule has 21 heavy (non-hydrogen) atoms. The van der Waals surface area contributed by atoms with E-state index < -0.39 is 5.97 Å². The third-order valence-corrected chi connectivity index (χ3v) is 4.50. The van der Waals surface area contributed by atoms with Crippen molar-refractivity contribution in [2.24, 2.45) is 0 Å². The number of rotatable bonds is 6. The number of hydrogen-bond acceptors (Lipinski definition) is 5. The summed E-state index contributed by atoms with van der Waals surface area (Å²) in [7, 11) is 0. The zero-order chi connectivity index (χ0) is 15.2. The first-order valence-electron chi connectivity index (χ1n) is 6.30. The van der Waals surface area contributed by atoms with Crippen molar-refractivity contribution in [2.45, 2.75) is 19.4 Å². The van der Waals surface area contributed by atoms with Crippen LogP contribution in [0.5, 0.6) is 0 Å². The van der Waals surface area contributed by atoms with E-state index in [-0.39, 0.29) is 17.8 Å². The maximum atomic E-state index is 11.7. The average Bonchev–Trinajstić information content (AvgIpc) is 3.09. The monoisotopic (exact) mass is 325 g/mol. The summed E-state index contributed by atoms with van der Waals surface area (Å²) >= 11 is 2.84. The van der Waals surface area contributed by atoms with E-state index in [1.807, 2.05) is 16.8 Å². The standard InChI is InChI=1S/C13H15N3O3S2/c1-8(11-16-10(7-21-11)12(17)18)15-13(19)14-4-2-9-3-5-20-6-9/h3,5-8H,2,4H2,1H3,(H,17,18)(H2,14,15,19). The van der Waals surface area contributed by atoms with Crippen LogP contribution < -0.4 is 10.6 Å². The highest BCUT2D eigenvalue weighted by Crippen LogP contribution is 2.17. The Morgan fingerprint density at radius 1 is 1.43 bits per heavy atom. The lowest BCUT2D eigenvalue weighted by atomic mass is 10.2. The molecule has 0 bridgehead atoms. The first-order valence-corrected chi connectivity index (χ1v) is 8.12. The lowest BCUT2D eigenvalue weighted by Crippen LogP contribution is -2.38. The number of hydrogen-bond donors (Lipinski definition) is 3. The van der Waals surface area contributed by atoms with Gasteiger partial charge >= 0.3 is 12.0 Å². The largest absolute Gasteiger partial charge is 0.476 e. The molecule has 2 aromatic rings. The minimum atomic E-state index is -1.06. The van der Waals surface area contributed by atoms with Crippen LogP contribution in [0.2, 0.25) is 0 Å². The molecule has 8 heteroatoms. The number of nitrogens with one attached hydrogen (secondary N) is 2. The number of thiazole rings is 1. The molecule has 112 valence electrons. The van der Waals surface area contributed by atoms with Gasteiger partial charge in [0.05, 0.1) is 6.04 Å². The van der Waals surface area contributed by atoms with Gasteiger partial charge in [0.1, 0.15) is 5.01 Å². The van der Waals surface area contributed by atoms with E-state index >= 15 is 0 Å². The Kier molecular flexibility index (Phi) is 5.29. The van der Waals surface area contributed by atoms with E-state index in [2.05, 4.69) is 15.6 Å². The second kappa shape index (κ2) is 7.19. The molecule has 0 spiro atoms. The van der Waals surface area contributed by atoms with Gasteiger partial charge in [-0.15, -0.1) is 11.3 Å². The number of carbonyl (C=O) groups is 2.